The molecule has 0 heterocycles. The lowest BCUT2D eigenvalue weighted by molar-refractivity contribution is -0.126. The minimum atomic E-state index is -0.413. The Bertz CT molecular complexity index is 295. The molecule has 0 rings (SSSR count). The van der Waals surface area contributed by atoms with Crippen LogP contribution >= 0.6 is 0 Å². The molecule has 3 N–H and O–H groups in total. The first-order chi connectivity index (χ1) is 9.04. The van der Waals surface area contributed by atoms with Crippen molar-refractivity contribution in [2.24, 2.45) is 0 Å². The lowest BCUT2D eigenvalue weighted by atomic mass is 10.1. The molecule has 6 nitrogen and oxygen atoms in total. The Balaban J connectivity index is 3.69. The van der Waals surface area contributed by atoms with Crippen LogP contribution in [-0.2, 0) is 14.4 Å². The molecule has 19 heavy (non-hydrogen) atoms. The van der Waals surface area contributed by atoms with Gasteiger partial charge in [-0.05, 0) is 40.3 Å². The van der Waals surface area contributed by atoms with Gasteiger partial charge in [-0.2, -0.15) is 0 Å². The number of amides is 1. The molecule has 0 aliphatic heterocycles. The van der Waals surface area contributed by atoms with Gasteiger partial charge in [-0.15, -0.1) is 0 Å². The van der Waals surface area contributed by atoms with Crippen LogP contribution in [-0.4, -0.2) is 50.7 Å². The van der Waals surface area contributed by atoms with E-state index in [0.29, 0.717) is 6.54 Å². The van der Waals surface area contributed by atoms with Crippen LogP contribution in [0.2, 0.25) is 0 Å². The maximum Gasteiger partial charge on any atom is 0.222 e. The van der Waals surface area contributed by atoms with E-state index >= 15 is 0 Å². The van der Waals surface area contributed by atoms with Crippen molar-refractivity contribution in [1.29, 1.82) is 0 Å². The standard InChI is InChI=1S/C13H25N3O3/c1-10(18)12(15-3)8-13(19)16-7-5-4-6-11(9-17)14-2/h9,11-12,14-15H,4-8H2,1-3H3,(H,16,19)/t11-,12-/m0/s1. The number of hydrogen-bond acceptors (Lipinski definition) is 5. The van der Waals surface area contributed by atoms with Gasteiger partial charge in [0.05, 0.1) is 12.1 Å². The number of likely N-dealkylation sites (N-methyl/N-ethyl adjacent to an activating group) is 2. The average molecular weight is 271 g/mol. The van der Waals surface area contributed by atoms with E-state index in [0.717, 1.165) is 25.5 Å². The Morgan fingerprint density at radius 3 is 2.32 bits per heavy atom. The van der Waals surface area contributed by atoms with Crippen molar-refractivity contribution in [2.75, 3.05) is 20.6 Å². The first-order valence-corrected chi connectivity index (χ1v) is 6.62. The van der Waals surface area contributed by atoms with Crippen molar-refractivity contribution >= 4 is 18.0 Å². The van der Waals surface area contributed by atoms with Crippen molar-refractivity contribution in [3.05, 3.63) is 0 Å². The van der Waals surface area contributed by atoms with E-state index in [4.69, 9.17) is 0 Å². The fraction of sp³-hybridized carbons (Fsp3) is 0.769. The molecule has 0 aromatic rings. The average Bonchev–Trinajstić information content (AvgIpc) is 2.39. The van der Waals surface area contributed by atoms with Crippen LogP contribution in [0, 0.1) is 0 Å². The Morgan fingerprint density at radius 1 is 1.16 bits per heavy atom. The van der Waals surface area contributed by atoms with Gasteiger partial charge in [0.1, 0.15) is 12.1 Å². The van der Waals surface area contributed by atoms with Gasteiger partial charge in [0.2, 0.25) is 5.91 Å². The highest BCUT2D eigenvalue weighted by Gasteiger charge is 2.15. The number of carbonyl (C=O) groups excluding carboxylic acids is 3. The summed E-state index contributed by atoms with van der Waals surface area (Å²) in [5.74, 6) is -0.171. The zero-order chi connectivity index (χ0) is 14.7. The van der Waals surface area contributed by atoms with E-state index < -0.39 is 6.04 Å². The molecule has 2 atom stereocenters. The molecule has 0 radical (unpaired) electrons. The lowest BCUT2D eigenvalue weighted by Crippen LogP contribution is -2.38. The summed E-state index contributed by atoms with van der Waals surface area (Å²) >= 11 is 0. The Morgan fingerprint density at radius 2 is 1.84 bits per heavy atom. The molecule has 0 aliphatic rings. The summed E-state index contributed by atoms with van der Waals surface area (Å²) in [4.78, 5) is 33.3. The van der Waals surface area contributed by atoms with Gasteiger partial charge in [-0.25, -0.2) is 0 Å². The monoisotopic (exact) mass is 271 g/mol. The minimum absolute atomic E-state index is 0.0412. The topological polar surface area (TPSA) is 87.3 Å². The van der Waals surface area contributed by atoms with E-state index in [1.165, 1.54) is 6.92 Å². The smallest absolute Gasteiger partial charge is 0.222 e. The predicted molar refractivity (Wildman–Crippen MR) is 73.9 cm³/mol. The molecule has 0 aromatic carbocycles. The number of ketones is 1. The summed E-state index contributed by atoms with van der Waals surface area (Å²) in [7, 11) is 3.41. The van der Waals surface area contributed by atoms with Crippen LogP contribution in [0.3, 0.4) is 0 Å². The SMILES string of the molecule is CN[C@H](C=O)CCCCNC(=O)C[C@H](NC)C(C)=O. The second-order valence-electron chi connectivity index (χ2n) is 4.53. The summed E-state index contributed by atoms with van der Waals surface area (Å²) in [6.07, 6.45) is 3.51. The molecule has 0 aromatic heterocycles. The summed E-state index contributed by atoms with van der Waals surface area (Å²) in [5, 5.41) is 8.48. The van der Waals surface area contributed by atoms with E-state index in [9.17, 15) is 14.4 Å². The van der Waals surface area contributed by atoms with Gasteiger partial charge in [-0.1, -0.05) is 0 Å². The maximum atomic E-state index is 11.6. The highest BCUT2D eigenvalue weighted by molar-refractivity contribution is 5.88. The van der Waals surface area contributed by atoms with E-state index in [1.54, 1.807) is 14.1 Å². The van der Waals surface area contributed by atoms with Crippen LogP contribution in [0.4, 0.5) is 0 Å². The number of unbranched alkanes of at least 4 members (excludes halogenated alkanes) is 1. The molecule has 0 spiro atoms. The fourth-order valence-electron chi connectivity index (χ4n) is 1.70. The highest BCUT2D eigenvalue weighted by Crippen LogP contribution is 1.98. The zero-order valence-electron chi connectivity index (χ0n) is 12.0. The maximum absolute atomic E-state index is 11.6. The number of hydrogen-bond donors (Lipinski definition) is 3. The minimum Gasteiger partial charge on any atom is -0.356 e. The van der Waals surface area contributed by atoms with Crippen molar-refractivity contribution in [3.8, 4) is 0 Å². The van der Waals surface area contributed by atoms with Crippen LogP contribution in [0.1, 0.15) is 32.6 Å². The molecule has 0 saturated heterocycles. The number of carbonyl (C=O) groups is 3. The third-order valence-electron chi connectivity index (χ3n) is 3.03. The molecule has 1 amide bonds. The lowest BCUT2D eigenvalue weighted by Gasteiger charge is -2.12. The van der Waals surface area contributed by atoms with Crippen molar-refractivity contribution in [1.82, 2.24) is 16.0 Å². The largest absolute Gasteiger partial charge is 0.356 e. The zero-order valence-corrected chi connectivity index (χ0v) is 12.0. The second-order valence-corrected chi connectivity index (χ2v) is 4.53. The number of rotatable bonds is 11. The second kappa shape index (κ2) is 10.6. The molecule has 110 valence electrons. The number of Topliss-reactive ketones (excluding diaryl/α,β-unsaturated/α-hetero) is 1. The van der Waals surface area contributed by atoms with Crippen LogP contribution in [0.5, 0.6) is 0 Å². The van der Waals surface area contributed by atoms with E-state index in [-0.39, 0.29) is 24.2 Å². The van der Waals surface area contributed by atoms with Gasteiger partial charge in [0.15, 0.2) is 0 Å². The molecule has 0 saturated carbocycles. The Kier molecular flexibility index (Phi) is 9.92. The quantitative estimate of drug-likeness (QED) is 0.352. The van der Waals surface area contributed by atoms with Gasteiger partial charge in [0, 0.05) is 13.0 Å². The molecule has 0 aliphatic carbocycles. The van der Waals surface area contributed by atoms with Crippen molar-refractivity contribution in [2.45, 2.75) is 44.7 Å². The molecule has 6 heteroatoms. The fourth-order valence-corrected chi connectivity index (χ4v) is 1.70. The summed E-state index contributed by atoms with van der Waals surface area (Å²) in [6.45, 7) is 2.04. The van der Waals surface area contributed by atoms with Crippen molar-refractivity contribution in [3.63, 3.8) is 0 Å². The van der Waals surface area contributed by atoms with E-state index in [1.807, 2.05) is 0 Å². The van der Waals surface area contributed by atoms with Gasteiger partial charge >= 0.3 is 0 Å². The summed E-state index contributed by atoms with van der Waals surface area (Å²) in [6, 6.07) is -0.522. The number of nitrogens with one attached hydrogen (secondary N) is 3. The van der Waals surface area contributed by atoms with Gasteiger partial charge < -0.3 is 20.7 Å². The third kappa shape index (κ3) is 8.45. The molecule has 0 bridgehead atoms. The molecule has 0 unspecified atom stereocenters. The van der Waals surface area contributed by atoms with E-state index in [2.05, 4.69) is 16.0 Å². The Labute approximate surface area is 114 Å². The third-order valence-corrected chi connectivity index (χ3v) is 3.03. The number of aldehydes is 1. The van der Waals surface area contributed by atoms with Gasteiger partial charge in [-0.3, -0.25) is 9.59 Å². The molecular formula is C13H25N3O3. The van der Waals surface area contributed by atoms with Gasteiger partial charge in [0.25, 0.3) is 0 Å². The molecule has 0 fully saturated rings. The normalized spacial score (nSPS) is 13.6. The van der Waals surface area contributed by atoms with Crippen LogP contribution in [0.15, 0.2) is 0 Å². The molecular weight excluding hydrogens is 246 g/mol. The van der Waals surface area contributed by atoms with Crippen molar-refractivity contribution < 1.29 is 14.4 Å². The highest BCUT2D eigenvalue weighted by atomic mass is 16.2. The van der Waals surface area contributed by atoms with Crippen LogP contribution in [0.25, 0.3) is 0 Å². The first-order valence-electron chi connectivity index (χ1n) is 6.62. The summed E-state index contributed by atoms with van der Waals surface area (Å²) < 4.78 is 0. The summed E-state index contributed by atoms with van der Waals surface area (Å²) in [5.41, 5.74) is 0. The Hall–Kier alpha value is -1.27. The first kappa shape index (κ1) is 17.7. The van der Waals surface area contributed by atoms with Crippen LogP contribution < -0.4 is 16.0 Å². The predicted octanol–water partition coefficient (Wildman–Crippen LogP) is -0.373.